The Morgan fingerprint density at radius 1 is 1.03 bits per heavy atom. The molecular weight excluding hydrogens is 382 g/mol. The van der Waals surface area contributed by atoms with Gasteiger partial charge in [0.25, 0.3) is 11.8 Å². The van der Waals surface area contributed by atoms with Crippen molar-refractivity contribution < 1.29 is 18.5 Å². The summed E-state index contributed by atoms with van der Waals surface area (Å²) in [6, 6.07) is 18.5. The molecule has 0 fully saturated rings. The van der Waals surface area contributed by atoms with E-state index in [9.17, 15) is 4.79 Å². The number of rotatable bonds is 7. The largest absolute Gasteiger partial charge is 0.483 e. The van der Waals surface area contributed by atoms with Crippen molar-refractivity contribution in [1.82, 2.24) is 15.5 Å². The standard InChI is InChI=1S/C23H21N3O4/c1-15-7-10-17(11-8-15)22-25-21(30-26-22)14-28-20-6-4-3-5-19(20)23(27)24-13-18-12-9-16(2)29-18/h3-12H,13-14H2,1-2H3,(H,24,27). The number of furan rings is 1. The molecule has 0 saturated heterocycles. The van der Waals surface area contributed by atoms with Crippen molar-refractivity contribution in [3.8, 4) is 17.1 Å². The zero-order valence-corrected chi connectivity index (χ0v) is 16.7. The molecule has 2 heterocycles. The predicted molar refractivity (Wildman–Crippen MR) is 110 cm³/mol. The molecule has 7 heteroatoms. The van der Waals surface area contributed by atoms with Crippen LogP contribution in [0.4, 0.5) is 0 Å². The van der Waals surface area contributed by atoms with Crippen LogP contribution in [0.3, 0.4) is 0 Å². The Bertz CT molecular complexity index is 1150. The zero-order valence-electron chi connectivity index (χ0n) is 16.7. The van der Waals surface area contributed by atoms with Crippen molar-refractivity contribution in [1.29, 1.82) is 0 Å². The summed E-state index contributed by atoms with van der Waals surface area (Å²) in [6.45, 7) is 4.23. The van der Waals surface area contributed by atoms with Gasteiger partial charge in [0.1, 0.15) is 17.3 Å². The van der Waals surface area contributed by atoms with Crippen LogP contribution in [0.25, 0.3) is 11.4 Å². The SMILES string of the molecule is Cc1ccc(-c2noc(COc3ccccc3C(=O)NCc3ccc(C)o3)n2)cc1. The van der Waals surface area contributed by atoms with Crippen LogP contribution >= 0.6 is 0 Å². The van der Waals surface area contributed by atoms with E-state index >= 15 is 0 Å². The Morgan fingerprint density at radius 2 is 1.83 bits per heavy atom. The summed E-state index contributed by atoms with van der Waals surface area (Å²) in [4.78, 5) is 17.0. The number of nitrogens with zero attached hydrogens (tertiary/aromatic N) is 2. The molecule has 0 aliphatic heterocycles. The van der Waals surface area contributed by atoms with Gasteiger partial charge in [-0.25, -0.2) is 0 Å². The third-order valence-corrected chi connectivity index (χ3v) is 4.48. The molecule has 0 aliphatic carbocycles. The molecule has 0 atom stereocenters. The van der Waals surface area contributed by atoms with Crippen molar-refractivity contribution in [3.05, 3.63) is 89.2 Å². The number of hydrogen-bond donors (Lipinski definition) is 1. The molecule has 1 amide bonds. The minimum Gasteiger partial charge on any atom is -0.483 e. The fraction of sp³-hybridized carbons (Fsp3) is 0.174. The molecule has 0 aliphatic rings. The minimum atomic E-state index is -0.259. The smallest absolute Gasteiger partial charge is 0.264 e. The molecule has 7 nitrogen and oxygen atoms in total. The van der Waals surface area contributed by atoms with E-state index in [4.69, 9.17) is 13.7 Å². The molecule has 4 aromatic rings. The maximum atomic E-state index is 12.6. The van der Waals surface area contributed by atoms with Crippen LogP contribution in [-0.4, -0.2) is 16.0 Å². The molecule has 152 valence electrons. The second-order valence-corrected chi connectivity index (χ2v) is 6.86. The van der Waals surface area contributed by atoms with Crippen LogP contribution < -0.4 is 10.1 Å². The molecule has 0 saturated carbocycles. The van der Waals surface area contributed by atoms with Gasteiger partial charge in [-0.3, -0.25) is 4.79 Å². The summed E-state index contributed by atoms with van der Waals surface area (Å²) in [7, 11) is 0. The van der Waals surface area contributed by atoms with Gasteiger partial charge >= 0.3 is 0 Å². The molecule has 0 spiro atoms. The second-order valence-electron chi connectivity index (χ2n) is 6.86. The Labute approximate surface area is 173 Å². The van der Waals surface area contributed by atoms with Crippen molar-refractivity contribution in [2.75, 3.05) is 0 Å². The lowest BCUT2D eigenvalue weighted by atomic mass is 10.1. The summed E-state index contributed by atoms with van der Waals surface area (Å²) in [5, 5.41) is 6.83. The van der Waals surface area contributed by atoms with Crippen LogP contribution in [0.5, 0.6) is 5.75 Å². The molecule has 1 N–H and O–H groups in total. The fourth-order valence-corrected chi connectivity index (χ4v) is 2.90. The Kier molecular flexibility index (Phi) is 5.61. The van der Waals surface area contributed by atoms with Crippen LogP contribution in [0.2, 0.25) is 0 Å². The topological polar surface area (TPSA) is 90.4 Å². The van der Waals surface area contributed by atoms with E-state index < -0.39 is 0 Å². The first kappa shape index (κ1) is 19.4. The lowest BCUT2D eigenvalue weighted by Gasteiger charge is -2.10. The highest BCUT2D eigenvalue weighted by Gasteiger charge is 2.15. The lowest BCUT2D eigenvalue weighted by molar-refractivity contribution is 0.0942. The van der Waals surface area contributed by atoms with Crippen LogP contribution in [0.1, 0.15) is 33.3 Å². The van der Waals surface area contributed by atoms with E-state index in [-0.39, 0.29) is 12.5 Å². The van der Waals surface area contributed by atoms with Gasteiger partial charge in [-0.2, -0.15) is 4.98 Å². The third kappa shape index (κ3) is 4.57. The molecule has 2 aromatic heterocycles. The van der Waals surface area contributed by atoms with E-state index in [1.807, 2.05) is 50.2 Å². The molecular formula is C23H21N3O4. The summed E-state index contributed by atoms with van der Waals surface area (Å²) in [6.07, 6.45) is 0. The van der Waals surface area contributed by atoms with Gasteiger partial charge in [0.15, 0.2) is 6.61 Å². The highest BCUT2D eigenvalue weighted by atomic mass is 16.5. The summed E-state index contributed by atoms with van der Waals surface area (Å²) in [5.41, 5.74) is 2.44. The maximum Gasteiger partial charge on any atom is 0.264 e. The van der Waals surface area contributed by atoms with E-state index in [0.717, 1.165) is 16.9 Å². The van der Waals surface area contributed by atoms with Gasteiger partial charge in [0.05, 0.1) is 12.1 Å². The molecule has 0 radical (unpaired) electrons. The molecule has 4 rings (SSSR count). The van der Waals surface area contributed by atoms with Gasteiger partial charge in [-0.05, 0) is 38.1 Å². The average molecular weight is 403 g/mol. The second kappa shape index (κ2) is 8.65. The van der Waals surface area contributed by atoms with E-state index in [1.165, 1.54) is 0 Å². The van der Waals surface area contributed by atoms with Crippen molar-refractivity contribution in [3.63, 3.8) is 0 Å². The van der Waals surface area contributed by atoms with Gasteiger partial charge in [0.2, 0.25) is 5.82 Å². The first-order valence-corrected chi connectivity index (χ1v) is 9.53. The number of aryl methyl sites for hydroxylation is 2. The average Bonchev–Trinajstić information content (AvgIpc) is 3.40. The van der Waals surface area contributed by atoms with Crippen LogP contribution in [0, 0.1) is 13.8 Å². The van der Waals surface area contributed by atoms with Crippen molar-refractivity contribution in [2.24, 2.45) is 0 Å². The summed E-state index contributed by atoms with van der Waals surface area (Å²) >= 11 is 0. The van der Waals surface area contributed by atoms with E-state index in [1.54, 1.807) is 24.3 Å². The maximum absolute atomic E-state index is 12.6. The van der Waals surface area contributed by atoms with E-state index in [2.05, 4.69) is 15.5 Å². The number of amides is 1. The van der Waals surface area contributed by atoms with Gasteiger partial charge < -0.3 is 19.0 Å². The predicted octanol–water partition coefficient (Wildman–Crippen LogP) is 4.46. The monoisotopic (exact) mass is 403 g/mol. The van der Waals surface area contributed by atoms with Crippen molar-refractivity contribution >= 4 is 5.91 Å². The highest BCUT2D eigenvalue weighted by molar-refractivity contribution is 5.96. The third-order valence-electron chi connectivity index (χ3n) is 4.48. The van der Waals surface area contributed by atoms with Crippen LogP contribution in [0.15, 0.2) is 69.6 Å². The first-order chi connectivity index (χ1) is 14.6. The Hall–Kier alpha value is -3.87. The zero-order chi connectivity index (χ0) is 20.9. The Balaban J connectivity index is 1.40. The Morgan fingerprint density at radius 3 is 2.60 bits per heavy atom. The number of ether oxygens (including phenoxy) is 1. The lowest BCUT2D eigenvalue weighted by Crippen LogP contribution is -2.23. The van der Waals surface area contributed by atoms with Gasteiger partial charge in [-0.1, -0.05) is 47.1 Å². The fourth-order valence-electron chi connectivity index (χ4n) is 2.90. The number of aromatic nitrogens is 2. The van der Waals surface area contributed by atoms with Gasteiger partial charge in [-0.15, -0.1) is 0 Å². The number of carbonyl (C=O) groups excluding carboxylic acids is 1. The minimum absolute atomic E-state index is 0.0561. The number of para-hydroxylation sites is 1. The molecule has 2 aromatic carbocycles. The van der Waals surface area contributed by atoms with Gasteiger partial charge in [0, 0.05) is 5.56 Å². The highest BCUT2D eigenvalue weighted by Crippen LogP contribution is 2.21. The quantitative estimate of drug-likeness (QED) is 0.490. The number of nitrogens with one attached hydrogen (secondary N) is 1. The molecule has 0 bridgehead atoms. The first-order valence-electron chi connectivity index (χ1n) is 9.53. The number of carbonyl (C=O) groups is 1. The molecule has 30 heavy (non-hydrogen) atoms. The summed E-state index contributed by atoms with van der Waals surface area (Å²) in [5.74, 6) is 2.48. The van der Waals surface area contributed by atoms with Crippen molar-refractivity contribution in [2.45, 2.75) is 27.0 Å². The summed E-state index contributed by atoms with van der Waals surface area (Å²) < 4.78 is 16.5. The van der Waals surface area contributed by atoms with Crippen LogP contribution in [-0.2, 0) is 13.2 Å². The number of hydrogen-bond acceptors (Lipinski definition) is 6. The normalized spacial score (nSPS) is 10.7. The number of benzene rings is 2. The molecule has 0 unspecified atom stereocenters. The van der Waals surface area contributed by atoms with E-state index in [0.29, 0.717) is 35.3 Å².